The van der Waals surface area contributed by atoms with Gasteiger partial charge < -0.3 is 14.8 Å². The number of fused-ring (bicyclic) bond motifs is 1. The maximum Gasteiger partial charge on any atom is 0.329 e. The first-order valence-electron chi connectivity index (χ1n) is 8.22. The topological polar surface area (TPSA) is 80.8 Å². The molecule has 7 heteroatoms. The Morgan fingerprint density at radius 3 is 2.85 bits per heavy atom. The van der Waals surface area contributed by atoms with E-state index in [9.17, 15) is 9.59 Å². The number of rotatable bonds is 3. The molecule has 0 bridgehead atoms. The number of pyridine rings is 1. The summed E-state index contributed by atoms with van der Waals surface area (Å²) in [5.74, 6) is 1.48. The van der Waals surface area contributed by atoms with E-state index in [-0.39, 0.29) is 5.91 Å². The van der Waals surface area contributed by atoms with Gasteiger partial charge in [0.15, 0.2) is 0 Å². The molecule has 2 aromatic rings. The van der Waals surface area contributed by atoms with E-state index < -0.39 is 12.1 Å². The van der Waals surface area contributed by atoms with Gasteiger partial charge in [-0.2, -0.15) is 0 Å². The van der Waals surface area contributed by atoms with Crippen LogP contribution in [0.25, 0.3) is 0 Å². The number of carbonyl (C=O) groups excluding carboxylic acids is 2. The monoisotopic (exact) mass is 351 g/mol. The lowest BCUT2D eigenvalue weighted by atomic mass is 10.0. The summed E-state index contributed by atoms with van der Waals surface area (Å²) in [6.45, 7) is 6.11. The third kappa shape index (κ3) is 2.77. The summed E-state index contributed by atoms with van der Waals surface area (Å²) in [6.07, 6.45) is 2.12. The minimum absolute atomic E-state index is 0.307. The lowest BCUT2D eigenvalue weighted by Crippen LogP contribution is -2.30. The molecule has 3 heterocycles. The summed E-state index contributed by atoms with van der Waals surface area (Å²) >= 11 is 0. The zero-order chi connectivity index (χ0) is 18.3. The van der Waals surface area contributed by atoms with Crippen molar-refractivity contribution in [2.24, 2.45) is 0 Å². The molecule has 132 valence electrons. The Balaban J connectivity index is 1.57. The number of nitrogens with zero attached hydrogens (tertiary/aromatic N) is 2. The van der Waals surface area contributed by atoms with Gasteiger partial charge in [0.2, 0.25) is 5.88 Å². The van der Waals surface area contributed by atoms with E-state index in [0.29, 0.717) is 30.3 Å². The van der Waals surface area contributed by atoms with Crippen LogP contribution in [-0.2, 0) is 11.2 Å². The molecule has 0 spiro atoms. The van der Waals surface area contributed by atoms with Crippen LogP contribution in [0.2, 0.25) is 0 Å². The fourth-order valence-corrected chi connectivity index (χ4v) is 2.96. The zero-order valence-electron chi connectivity index (χ0n) is 14.2. The summed E-state index contributed by atoms with van der Waals surface area (Å²) in [5.41, 5.74) is 2.30. The molecule has 1 N–H and O–H groups in total. The second kappa shape index (κ2) is 6.18. The van der Waals surface area contributed by atoms with Crippen molar-refractivity contribution in [1.82, 2.24) is 10.3 Å². The van der Waals surface area contributed by atoms with E-state index >= 15 is 0 Å². The maximum absolute atomic E-state index is 12.0. The maximum atomic E-state index is 12.0. The molecule has 0 saturated carbocycles. The van der Waals surface area contributed by atoms with Crippen LogP contribution in [0.4, 0.5) is 10.5 Å². The highest BCUT2D eigenvalue weighted by Gasteiger charge is 2.36. The highest BCUT2D eigenvalue weighted by atomic mass is 16.5. The molecule has 1 atom stereocenters. The molecule has 26 heavy (non-hydrogen) atoms. The van der Waals surface area contributed by atoms with Crippen LogP contribution in [-0.4, -0.2) is 29.6 Å². The van der Waals surface area contributed by atoms with Gasteiger partial charge in [-0.1, -0.05) is 12.6 Å². The number of nitrogens with one attached hydrogen (secondary N) is 1. The summed E-state index contributed by atoms with van der Waals surface area (Å²) in [7, 11) is 0. The molecule has 1 aromatic heterocycles. The molecule has 2 aliphatic heterocycles. The van der Waals surface area contributed by atoms with Crippen molar-refractivity contribution >= 4 is 17.6 Å². The predicted molar refractivity (Wildman–Crippen MR) is 94.6 cm³/mol. The first-order valence-corrected chi connectivity index (χ1v) is 8.22. The number of anilines is 1. The Morgan fingerprint density at radius 1 is 1.31 bits per heavy atom. The fourth-order valence-electron chi connectivity index (χ4n) is 2.96. The number of urea groups is 1. The molecule has 1 fully saturated rings. The van der Waals surface area contributed by atoms with E-state index in [0.717, 1.165) is 21.8 Å². The van der Waals surface area contributed by atoms with Crippen molar-refractivity contribution in [3.8, 4) is 17.4 Å². The van der Waals surface area contributed by atoms with Crippen LogP contribution in [0.5, 0.6) is 17.4 Å². The average molecular weight is 351 g/mol. The van der Waals surface area contributed by atoms with Gasteiger partial charge in [0.05, 0.1) is 11.9 Å². The normalized spacial score (nSPS) is 19.0. The van der Waals surface area contributed by atoms with Crippen LogP contribution in [0.3, 0.4) is 0 Å². The Kier molecular flexibility index (Phi) is 3.84. The number of hydrogen-bond donors (Lipinski definition) is 1. The molecule has 1 unspecified atom stereocenters. The van der Waals surface area contributed by atoms with Crippen LogP contribution < -0.4 is 19.7 Å². The van der Waals surface area contributed by atoms with Gasteiger partial charge in [0, 0.05) is 18.1 Å². The number of ether oxygens (including phenoxy) is 2. The van der Waals surface area contributed by atoms with Crippen LogP contribution in [0.1, 0.15) is 12.5 Å². The summed E-state index contributed by atoms with van der Waals surface area (Å²) in [6, 6.07) is 7.84. The van der Waals surface area contributed by atoms with Crippen molar-refractivity contribution in [2.45, 2.75) is 19.4 Å². The summed E-state index contributed by atoms with van der Waals surface area (Å²) in [5, 5.41) is 2.56. The van der Waals surface area contributed by atoms with Gasteiger partial charge in [-0.25, -0.2) is 14.7 Å². The van der Waals surface area contributed by atoms with Gasteiger partial charge in [0.25, 0.3) is 5.91 Å². The molecular formula is C19H17N3O4. The van der Waals surface area contributed by atoms with E-state index in [4.69, 9.17) is 9.47 Å². The van der Waals surface area contributed by atoms with Crippen LogP contribution >= 0.6 is 0 Å². The van der Waals surface area contributed by atoms with E-state index in [1.807, 2.05) is 18.2 Å². The smallest absolute Gasteiger partial charge is 0.329 e. The van der Waals surface area contributed by atoms with Crippen LogP contribution in [0, 0.1) is 0 Å². The number of amides is 3. The predicted octanol–water partition coefficient (Wildman–Crippen LogP) is 2.81. The van der Waals surface area contributed by atoms with E-state index in [1.165, 1.54) is 6.20 Å². The molecule has 7 nitrogen and oxygen atoms in total. The minimum atomic E-state index is -0.539. The highest BCUT2D eigenvalue weighted by molar-refractivity contribution is 6.21. The number of hydrogen-bond acceptors (Lipinski definition) is 5. The molecule has 4 rings (SSSR count). The van der Waals surface area contributed by atoms with Gasteiger partial charge in [-0.15, -0.1) is 0 Å². The Labute approximate surface area is 150 Å². The molecule has 0 aliphatic carbocycles. The highest BCUT2D eigenvalue weighted by Crippen LogP contribution is 2.36. The van der Waals surface area contributed by atoms with Gasteiger partial charge >= 0.3 is 6.03 Å². The Bertz CT molecular complexity index is 908. The van der Waals surface area contributed by atoms with Gasteiger partial charge in [-0.05, 0) is 30.7 Å². The number of carbonyl (C=O) groups is 2. The van der Waals surface area contributed by atoms with Crippen molar-refractivity contribution in [1.29, 1.82) is 0 Å². The minimum Gasteiger partial charge on any atom is -0.489 e. The van der Waals surface area contributed by atoms with Crippen LogP contribution in [0.15, 0.2) is 48.7 Å². The lowest BCUT2D eigenvalue weighted by Gasteiger charge is -2.21. The Hall–Kier alpha value is -3.35. The molecule has 0 radical (unpaired) electrons. The van der Waals surface area contributed by atoms with Crippen molar-refractivity contribution < 1.29 is 19.1 Å². The SMILES string of the molecule is C=C1COc2cccc(Oc3ccc(N4C(=O)NC(C)C4=O)cn3)c2C1. The van der Waals surface area contributed by atoms with E-state index in [1.54, 1.807) is 19.1 Å². The fraction of sp³-hybridized carbons (Fsp3) is 0.211. The molecule has 2 aliphatic rings. The largest absolute Gasteiger partial charge is 0.489 e. The summed E-state index contributed by atoms with van der Waals surface area (Å²) < 4.78 is 11.5. The van der Waals surface area contributed by atoms with Crippen molar-refractivity contribution in [3.63, 3.8) is 0 Å². The first kappa shape index (κ1) is 16.1. The molecule has 3 amide bonds. The van der Waals surface area contributed by atoms with E-state index in [2.05, 4.69) is 16.9 Å². The number of imide groups is 1. The van der Waals surface area contributed by atoms with Crippen molar-refractivity contribution in [3.05, 3.63) is 54.2 Å². The second-order valence-corrected chi connectivity index (χ2v) is 6.25. The third-order valence-electron chi connectivity index (χ3n) is 4.28. The summed E-state index contributed by atoms with van der Waals surface area (Å²) in [4.78, 5) is 29.2. The average Bonchev–Trinajstić information content (AvgIpc) is 2.88. The van der Waals surface area contributed by atoms with Gasteiger partial charge in [-0.3, -0.25) is 4.79 Å². The lowest BCUT2D eigenvalue weighted by molar-refractivity contribution is -0.117. The molecular weight excluding hydrogens is 334 g/mol. The second-order valence-electron chi connectivity index (χ2n) is 6.25. The van der Waals surface area contributed by atoms with Crippen molar-refractivity contribution in [2.75, 3.05) is 11.5 Å². The standard InChI is InChI=1S/C19H17N3O4/c1-11-8-14-15(25-10-11)4-3-5-16(14)26-17-7-6-13(9-20-17)22-18(23)12(2)21-19(22)24/h3-7,9,12H,1,8,10H2,2H3,(H,21,24). The van der Waals surface area contributed by atoms with Gasteiger partial charge in [0.1, 0.15) is 24.1 Å². The molecule has 1 saturated heterocycles. The molecule has 1 aromatic carbocycles. The zero-order valence-corrected chi connectivity index (χ0v) is 14.2. The number of benzene rings is 1. The number of aromatic nitrogens is 1. The third-order valence-corrected chi connectivity index (χ3v) is 4.28. The first-order chi connectivity index (χ1) is 12.5. The quantitative estimate of drug-likeness (QED) is 0.679. The Morgan fingerprint density at radius 2 is 2.15 bits per heavy atom.